The van der Waals surface area contributed by atoms with Crippen molar-refractivity contribution < 1.29 is 4.42 Å². The van der Waals surface area contributed by atoms with E-state index < -0.39 is 0 Å². The molecule has 0 aliphatic carbocycles. The van der Waals surface area contributed by atoms with Gasteiger partial charge in [-0.05, 0) is 74.5 Å². The minimum Gasteiger partial charge on any atom is -0.456 e. The highest BCUT2D eigenvalue weighted by atomic mass is 16.3. The predicted octanol–water partition coefficient (Wildman–Crippen LogP) is 12.9. The number of aromatic nitrogens is 3. The number of hydrogen-bond donors (Lipinski definition) is 0. The van der Waals surface area contributed by atoms with Crippen LogP contribution in [0.15, 0.2) is 192 Å². The van der Waals surface area contributed by atoms with Crippen molar-refractivity contribution in [2.24, 2.45) is 0 Å². The van der Waals surface area contributed by atoms with Gasteiger partial charge in [-0.2, -0.15) is 0 Å². The summed E-state index contributed by atoms with van der Waals surface area (Å²) >= 11 is 0. The van der Waals surface area contributed by atoms with Crippen LogP contribution in [0.2, 0.25) is 0 Å². The molecule has 0 saturated carbocycles. The fourth-order valence-corrected chi connectivity index (χ4v) is 7.22. The van der Waals surface area contributed by atoms with Crippen LogP contribution in [0.3, 0.4) is 0 Å². The van der Waals surface area contributed by atoms with Crippen LogP contribution in [0, 0.1) is 0 Å². The molecule has 0 fully saturated rings. The van der Waals surface area contributed by atoms with Gasteiger partial charge in [-0.25, -0.2) is 15.0 Å². The van der Waals surface area contributed by atoms with Crippen molar-refractivity contribution in [1.82, 2.24) is 15.0 Å². The molecule has 2 aromatic heterocycles. The standard InChI is InChI=1S/C49H31N3O/c1-3-11-32(12-4-1)34-21-24-36(25-22-34)48-50-47(35-14-5-2-6-15-35)51-49(52-48)42-19-10-20-45-46(42)43-31-41(27-28-44(43)53-45)39-18-9-17-38(30-39)40-26-23-33-13-7-8-16-37(33)29-40/h1-31H. The molecular weight excluding hydrogens is 647 g/mol. The summed E-state index contributed by atoms with van der Waals surface area (Å²) in [5.41, 5.74) is 11.3. The van der Waals surface area contributed by atoms with Crippen molar-refractivity contribution in [3.05, 3.63) is 188 Å². The van der Waals surface area contributed by atoms with Gasteiger partial charge < -0.3 is 4.42 Å². The first kappa shape index (κ1) is 30.6. The monoisotopic (exact) mass is 677 g/mol. The first-order valence-corrected chi connectivity index (χ1v) is 17.8. The van der Waals surface area contributed by atoms with Gasteiger partial charge in [0.15, 0.2) is 17.5 Å². The zero-order valence-corrected chi connectivity index (χ0v) is 28.6. The summed E-state index contributed by atoms with van der Waals surface area (Å²) in [4.78, 5) is 15.2. The molecule has 0 amide bonds. The average molecular weight is 678 g/mol. The van der Waals surface area contributed by atoms with E-state index in [2.05, 4.69) is 140 Å². The average Bonchev–Trinajstić information content (AvgIpc) is 3.62. The lowest BCUT2D eigenvalue weighted by molar-refractivity contribution is 0.669. The van der Waals surface area contributed by atoms with Gasteiger partial charge in [0.2, 0.25) is 0 Å². The van der Waals surface area contributed by atoms with Crippen molar-refractivity contribution in [2.75, 3.05) is 0 Å². The Morgan fingerprint density at radius 1 is 0.302 bits per heavy atom. The number of benzene rings is 8. The minimum atomic E-state index is 0.595. The third-order valence-electron chi connectivity index (χ3n) is 9.93. The molecule has 53 heavy (non-hydrogen) atoms. The van der Waals surface area contributed by atoms with Crippen LogP contribution >= 0.6 is 0 Å². The Bertz CT molecular complexity index is 2930. The molecule has 2 heterocycles. The summed E-state index contributed by atoms with van der Waals surface area (Å²) < 4.78 is 6.45. The van der Waals surface area contributed by atoms with Crippen LogP contribution in [0.4, 0.5) is 0 Å². The van der Waals surface area contributed by atoms with E-state index in [1.807, 2.05) is 48.5 Å². The molecule has 0 saturated heterocycles. The summed E-state index contributed by atoms with van der Waals surface area (Å²) in [6.45, 7) is 0. The van der Waals surface area contributed by atoms with Crippen molar-refractivity contribution in [3.63, 3.8) is 0 Å². The molecule has 0 spiro atoms. The van der Waals surface area contributed by atoms with Gasteiger partial charge in [0.25, 0.3) is 0 Å². The van der Waals surface area contributed by atoms with Crippen LogP contribution in [0.5, 0.6) is 0 Å². The maximum Gasteiger partial charge on any atom is 0.164 e. The van der Waals surface area contributed by atoms with Crippen LogP contribution < -0.4 is 0 Å². The van der Waals surface area contributed by atoms with E-state index in [1.165, 1.54) is 27.5 Å². The molecular formula is C49H31N3O. The topological polar surface area (TPSA) is 51.8 Å². The molecule has 0 radical (unpaired) electrons. The highest BCUT2D eigenvalue weighted by Gasteiger charge is 2.18. The summed E-state index contributed by atoms with van der Waals surface area (Å²) in [6, 6.07) is 65.3. The number of rotatable bonds is 6. The molecule has 8 aromatic carbocycles. The van der Waals surface area contributed by atoms with Crippen molar-refractivity contribution in [1.29, 1.82) is 0 Å². The molecule has 0 aliphatic rings. The third-order valence-corrected chi connectivity index (χ3v) is 9.93. The quantitative estimate of drug-likeness (QED) is 0.176. The van der Waals surface area contributed by atoms with E-state index in [0.717, 1.165) is 55.3 Å². The molecule has 10 rings (SSSR count). The van der Waals surface area contributed by atoms with Gasteiger partial charge >= 0.3 is 0 Å². The number of nitrogens with zero attached hydrogens (tertiary/aromatic N) is 3. The van der Waals surface area contributed by atoms with Gasteiger partial charge in [-0.15, -0.1) is 0 Å². The summed E-state index contributed by atoms with van der Waals surface area (Å²) in [6.07, 6.45) is 0. The molecule has 4 heteroatoms. The largest absolute Gasteiger partial charge is 0.456 e. The van der Waals surface area contributed by atoms with Crippen molar-refractivity contribution in [2.45, 2.75) is 0 Å². The Labute approximate surface area is 306 Å². The molecule has 0 N–H and O–H groups in total. The molecule has 0 unspecified atom stereocenters. The molecule has 10 aromatic rings. The SMILES string of the molecule is c1ccc(-c2ccc(-c3nc(-c4ccccc4)nc(-c4cccc5oc6ccc(-c7cccc(-c8ccc9ccccc9c8)c7)cc6c45)n3)cc2)cc1. The second kappa shape index (κ2) is 12.9. The number of furan rings is 1. The number of hydrogen-bond acceptors (Lipinski definition) is 4. The maximum absolute atomic E-state index is 6.45. The Morgan fingerprint density at radius 2 is 0.811 bits per heavy atom. The molecule has 0 atom stereocenters. The van der Waals surface area contributed by atoms with Gasteiger partial charge in [-0.3, -0.25) is 0 Å². The Morgan fingerprint density at radius 3 is 1.57 bits per heavy atom. The van der Waals surface area contributed by atoms with E-state index >= 15 is 0 Å². The minimum absolute atomic E-state index is 0.595. The van der Waals surface area contributed by atoms with Crippen LogP contribution in [-0.4, -0.2) is 15.0 Å². The summed E-state index contributed by atoms with van der Waals surface area (Å²) in [7, 11) is 0. The fraction of sp³-hybridized carbons (Fsp3) is 0. The highest BCUT2D eigenvalue weighted by molar-refractivity contribution is 6.12. The smallest absolute Gasteiger partial charge is 0.164 e. The van der Waals surface area contributed by atoms with E-state index in [-0.39, 0.29) is 0 Å². The van der Waals surface area contributed by atoms with E-state index in [1.54, 1.807) is 0 Å². The van der Waals surface area contributed by atoms with E-state index in [9.17, 15) is 0 Å². The van der Waals surface area contributed by atoms with Gasteiger partial charge in [0.05, 0.1) is 0 Å². The zero-order valence-electron chi connectivity index (χ0n) is 28.6. The van der Waals surface area contributed by atoms with E-state index in [0.29, 0.717) is 17.5 Å². The molecule has 4 nitrogen and oxygen atoms in total. The molecule has 0 aliphatic heterocycles. The van der Waals surface area contributed by atoms with E-state index in [4.69, 9.17) is 19.4 Å². The number of fused-ring (bicyclic) bond motifs is 4. The van der Waals surface area contributed by atoms with Gasteiger partial charge in [-0.1, -0.05) is 158 Å². The first-order chi connectivity index (χ1) is 26.2. The Balaban J connectivity index is 1.10. The van der Waals surface area contributed by atoms with Gasteiger partial charge in [0, 0.05) is 27.5 Å². The van der Waals surface area contributed by atoms with Crippen LogP contribution in [0.25, 0.3) is 100 Å². The molecule has 0 bridgehead atoms. The first-order valence-electron chi connectivity index (χ1n) is 17.8. The predicted molar refractivity (Wildman–Crippen MR) is 217 cm³/mol. The Hall–Kier alpha value is -7.17. The Kier molecular flexibility index (Phi) is 7.43. The van der Waals surface area contributed by atoms with Crippen molar-refractivity contribution in [3.8, 4) is 67.5 Å². The summed E-state index contributed by atoms with van der Waals surface area (Å²) in [5, 5.41) is 4.46. The summed E-state index contributed by atoms with van der Waals surface area (Å²) in [5.74, 6) is 1.83. The zero-order chi connectivity index (χ0) is 35.1. The van der Waals surface area contributed by atoms with Crippen LogP contribution in [-0.2, 0) is 0 Å². The second-order valence-corrected chi connectivity index (χ2v) is 13.3. The third kappa shape index (κ3) is 5.73. The lowest BCUT2D eigenvalue weighted by Crippen LogP contribution is -2.00. The maximum atomic E-state index is 6.45. The highest BCUT2D eigenvalue weighted by Crippen LogP contribution is 2.39. The van der Waals surface area contributed by atoms with Gasteiger partial charge in [0.1, 0.15) is 11.2 Å². The lowest BCUT2D eigenvalue weighted by Gasteiger charge is -2.10. The lowest BCUT2D eigenvalue weighted by atomic mass is 9.96. The normalized spacial score (nSPS) is 11.4. The fourth-order valence-electron chi connectivity index (χ4n) is 7.22. The van der Waals surface area contributed by atoms with Crippen LogP contribution in [0.1, 0.15) is 0 Å². The molecule has 248 valence electrons. The second-order valence-electron chi connectivity index (χ2n) is 13.3. The van der Waals surface area contributed by atoms with Crippen molar-refractivity contribution >= 4 is 32.7 Å².